The second-order valence-electron chi connectivity index (χ2n) is 10.5. The summed E-state index contributed by atoms with van der Waals surface area (Å²) in [7, 11) is 0. The largest absolute Gasteiger partial charge is 0.0549 e. The quantitative estimate of drug-likeness (QED) is 0.350. The first-order valence-electron chi connectivity index (χ1n) is 10.8. The van der Waals surface area contributed by atoms with Gasteiger partial charge in [-0.2, -0.15) is 0 Å². The van der Waals surface area contributed by atoms with E-state index in [4.69, 9.17) is 0 Å². The van der Waals surface area contributed by atoms with Crippen LogP contribution in [0.25, 0.3) is 21.5 Å². The van der Waals surface area contributed by atoms with Crippen LogP contribution in [0.4, 0.5) is 0 Å². The molecule has 148 valence electrons. The second-order valence-corrected chi connectivity index (χ2v) is 10.5. The zero-order chi connectivity index (χ0) is 21.1. The Bertz CT molecular complexity index is 1210. The second kappa shape index (κ2) is 5.41. The number of hydrogen-bond donors (Lipinski definition) is 0. The molecule has 4 rings (SSSR count). The van der Waals surface area contributed by atoms with E-state index >= 15 is 0 Å². The molecule has 0 unspecified atom stereocenters. The van der Waals surface area contributed by atoms with E-state index in [1.165, 1.54) is 60.7 Å². The van der Waals surface area contributed by atoms with Gasteiger partial charge in [0.15, 0.2) is 0 Å². The first kappa shape index (κ1) is 19.5. The first-order chi connectivity index (χ1) is 12.8. The molecular weight excluding hydrogens is 336 g/mol. The van der Waals surface area contributed by atoms with E-state index in [2.05, 4.69) is 83.1 Å². The topological polar surface area (TPSA) is 0 Å². The van der Waals surface area contributed by atoms with Gasteiger partial charge < -0.3 is 0 Å². The van der Waals surface area contributed by atoms with E-state index in [9.17, 15) is 0 Å². The van der Waals surface area contributed by atoms with Crippen LogP contribution in [0.2, 0.25) is 0 Å². The van der Waals surface area contributed by atoms with E-state index < -0.39 is 0 Å². The molecule has 0 atom stereocenters. The molecule has 0 spiro atoms. The normalized spacial score (nSPS) is 17.1. The molecule has 28 heavy (non-hydrogen) atoms. The minimum absolute atomic E-state index is 0.107. The van der Waals surface area contributed by atoms with Crippen LogP contribution >= 0.6 is 0 Å². The molecule has 1 aliphatic carbocycles. The summed E-state index contributed by atoms with van der Waals surface area (Å²) < 4.78 is 0. The molecule has 0 saturated carbocycles. The Morgan fingerprint density at radius 3 is 1.11 bits per heavy atom. The summed E-state index contributed by atoms with van der Waals surface area (Å²) in [5.74, 6) is 0. The molecule has 0 heteroatoms. The van der Waals surface area contributed by atoms with Crippen LogP contribution in [0.5, 0.6) is 0 Å². The van der Waals surface area contributed by atoms with Crippen molar-refractivity contribution in [3.63, 3.8) is 0 Å². The number of rotatable bonds is 0. The lowest BCUT2D eigenvalue weighted by atomic mass is 9.65. The first-order valence-corrected chi connectivity index (χ1v) is 10.8. The molecule has 0 fully saturated rings. The van der Waals surface area contributed by atoms with E-state index in [0.29, 0.717) is 0 Å². The third kappa shape index (κ3) is 1.88. The Kier molecular flexibility index (Phi) is 3.76. The monoisotopic (exact) mass is 372 g/mol. The predicted molar refractivity (Wildman–Crippen MR) is 125 cm³/mol. The van der Waals surface area contributed by atoms with Crippen LogP contribution < -0.4 is 0 Å². The van der Waals surface area contributed by atoms with Crippen molar-refractivity contribution in [3.05, 3.63) is 55.6 Å². The number of aryl methyl sites for hydroxylation is 4. The Balaban J connectivity index is 2.53. The predicted octanol–water partition coefficient (Wildman–Crippen LogP) is 8.03. The average Bonchev–Trinajstić information content (AvgIpc) is 2.77. The highest BCUT2D eigenvalue weighted by Gasteiger charge is 2.49. The van der Waals surface area contributed by atoms with E-state index in [1.807, 2.05) is 0 Å². The summed E-state index contributed by atoms with van der Waals surface area (Å²) in [5, 5.41) is 6.10. The minimum Gasteiger partial charge on any atom is -0.0549 e. The van der Waals surface area contributed by atoms with Crippen LogP contribution in [-0.2, 0) is 10.8 Å². The lowest BCUT2D eigenvalue weighted by molar-refractivity contribution is 0.320. The molecule has 0 aromatic heterocycles. The lowest BCUT2D eigenvalue weighted by Crippen LogP contribution is -2.36. The SMILES string of the molecule is Cc1c(C)c(C)c2c(c1C)c(C)c1c3c(c(C)c(C)c(C)c32)C(C)(C)C1(C)C. The molecule has 0 aliphatic heterocycles. The van der Waals surface area contributed by atoms with E-state index in [1.54, 1.807) is 16.5 Å². The van der Waals surface area contributed by atoms with E-state index in [0.717, 1.165) is 0 Å². The van der Waals surface area contributed by atoms with Crippen LogP contribution in [0.1, 0.15) is 83.3 Å². The molecule has 0 bridgehead atoms. The highest BCUT2D eigenvalue weighted by molar-refractivity contribution is 6.18. The van der Waals surface area contributed by atoms with Crippen molar-refractivity contribution in [3.8, 4) is 0 Å². The van der Waals surface area contributed by atoms with Gasteiger partial charge in [-0.3, -0.25) is 0 Å². The fourth-order valence-corrected chi connectivity index (χ4v) is 6.31. The fourth-order valence-electron chi connectivity index (χ4n) is 6.31. The maximum atomic E-state index is 2.47. The van der Waals surface area contributed by atoms with Gasteiger partial charge in [0, 0.05) is 0 Å². The Hall–Kier alpha value is -1.82. The average molecular weight is 373 g/mol. The van der Waals surface area contributed by atoms with Crippen LogP contribution in [0.3, 0.4) is 0 Å². The minimum atomic E-state index is 0.107. The van der Waals surface area contributed by atoms with Crippen molar-refractivity contribution < 1.29 is 0 Å². The van der Waals surface area contributed by atoms with Gasteiger partial charge in [0.2, 0.25) is 0 Å². The Morgan fingerprint density at radius 1 is 0.321 bits per heavy atom. The van der Waals surface area contributed by atoms with Gasteiger partial charge >= 0.3 is 0 Å². The van der Waals surface area contributed by atoms with Gasteiger partial charge in [-0.15, -0.1) is 0 Å². The van der Waals surface area contributed by atoms with Crippen molar-refractivity contribution in [2.75, 3.05) is 0 Å². The maximum Gasteiger partial charge on any atom is -0.000262 e. The molecule has 0 nitrogen and oxygen atoms in total. The zero-order valence-electron chi connectivity index (χ0n) is 20.0. The van der Waals surface area contributed by atoms with Gasteiger partial charge in [-0.1, -0.05) is 27.7 Å². The standard InChI is InChI=1S/C28H36/c1-13-14(2)17(5)22-21(16(13)4)20(8)26-24-23(22)18(6)15(3)19(7)25(24)27(9,10)28(26,11)12/h1-12H3. The summed E-state index contributed by atoms with van der Waals surface area (Å²) in [6, 6.07) is 0. The van der Waals surface area contributed by atoms with Gasteiger partial charge in [0.1, 0.15) is 0 Å². The van der Waals surface area contributed by atoms with Crippen LogP contribution in [-0.4, -0.2) is 0 Å². The summed E-state index contributed by atoms with van der Waals surface area (Å²) in [6.07, 6.45) is 0. The molecule has 3 aromatic carbocycles. The van der Waals surface area contributed by atoms with Crippen LogP contribution in [0, 0.1) is 55.4 Å². The van der Waals surface area contributed by atoms with Crippen molar-refractivity contribution in [2.45, 2.75) is 93.9 Å². The molecule has 0 N–H and O–H groups in total. The zero-order valence-corrected chi connectivity index (χ0v) is 20.0. The molecular formula is C28H36. The highest BCUT2D eigenvalue weighted by Crippen LogP contribution is 2.59. The van der Waals surface area contributed by atoms with Gasteiger partial charge in [0.25, 0.3) is 0 Å². The molecule has 3 aromatic rings. The van der Waals surface area contributed by atoms with E-state index in [-0.39, 0.29) is 10.8 Å². The van der Waals surface area contributed by atoms with Crippen molar-refractivity contribution in [1.82, 2.24) is 0 Å². The van der Waals surface area contributed by atoms with Crippen molar-refractivity contribution >= 4 is 21.5 Å². The summed E-state index contributed by atoms with van der Waals surface area (Å²) in [4.78, 5) is 0. The third-order valence-electron chi connectivity index (χ3n) is 9.12. The molecule has 1 aliphatic rings. The maximum absolute atomic E-state index is 2.47. The van der Waals surface area contributed by atoms with Gasteiger partial charge in [-0.05, 0) is 143 Å². The highest BCUT2D eigenvalue weighted by atomic mass is 14.5. The van der Waals surface area contributed by atoms with Crippen molar-refractivity contribution in [1.29, 1.82) is 0 Å². The summed E-state index contributed by atoms with van der Waals surface area (Å²) >= 11 is 0. The number of benzene rings is 3. The number of hydrogen-bond acceptors (Lipinski definition) is 0. The molecule has 0 amide bonds. The Morgan fingerprint density at radius 2 is 0.643 bits per heavy atom. The number of fused-ring (bicyclic) bond motifs is 2. The lowest BCUT2D eigenvalue weighted by Gasteiger charge is -2.38. The fraction of sp³-hybridized carbons (Fsp3) is 0.500. The summed E-state index contributed by atoms with van der Waals surface area (Å²) in [6.45, 7) is 28.5. The molecule has 0 radical (unpaired) electrons. The smallest absolute Gasteiger partial charge is 0.000262 e. The van der Waals surface area contributed by atoms with Gasteiger partial charge in [-0.25, -0.2) is 0 Å². The van der Waals surface area contributed by atoms with Gasteiger partial charge in [0.05, 0.1) is 0 Å². The Labute approximate surface area is 171 Å². The third-order valence-corrected chi connectivity index (χ3v) is 9.12. The summed E-state index contributed by atoms with van der Waals surface area (Å²) in [5.41, 5.74) is 15.2. The van der Waals surface area contributed by atoms with Crippen molar-refractivity contribution in [2.24, 2.45) is 0 Å². The molecule has 0 saturated heterocycles. The van der Waals surface area contributed by atoms with Crippen LogP contribution in [0.15, 0.2) is 0 Å². The molecule has 0 heterocycles.